The van der Waals surface area contributed by atoms with E-state index in [-0.39, 0.29) is 6.10 Å². The molecule has 0 aliphatic rings. The van der Waals surface area contributed by atoms with Crippen molar-refractivity contribution in [2.75, 3.05) is 13.7 Å². The molecule has 1 atom stereocenters. The van der Waals surface area contributed by atoms with Gasteiger partial charge in [-0.1, -0.05) is 26.0 Å². The van der Waals surface area contributed by atoms with E-state index < -0.39 is 0 Å². The standard InChI is InChI=1S/C14H23NO2/c1-10(2)13(16)9-15-8-12-5-6-14(17-4)11(3)7-12/h5-7,10,13,15-16H,8-9H2,1-4H3. The number of nitrogens with one attached hydrogen (secondary N) is 1. The SMILES string of the molecule is COc1ccc(CNCC(O)C(C)C)cc1C. The van der Waals surface area contributed by atoms with Gasteiger partial charge in [-0.25, -0.2) is 0 Å². The van der Waals surface area contributed by atoms with Crippen LogP contribution >= 0.6 is 0 Å². The predicted molar refractivity (Wildman–Crippen MR) is 70.3 cm³/mol. The zero-order valence-corrected chi connectivity index (χ0v) is 11.2. The van der Waals surface area contributed by atoms with E-state index in [4.69, 9.17) is 4.74 Å². The lowest BCUT2D eigenvalue weighted by Gasteiger charge is -2.15. The van der Waals surface area contributed by atoms with Crippen LogP contribution in [0.1, 0.15) is 25.0 Å². The van der Waals surface area contributed by atoms with Crippen LogP contribution in [-0.2, 0) is 6.54 Å². The number of hydrogen-bond acceptors (Lipinski definition) is 3. The van der Waals surface area contributed by atoms with Gasteiger partial charge in [-0.2, -0.15) is 0 Å². The lowest BCUT2D eigenvalue weighted by Crippen LogP contribution is -2.30. The first-order valence-electron chi connectivity index (χ1n) is 6.07. The molecule has 1 unspecified atom stereocenters. The molecule has 17 heavy (non-hydrogen) atoms. The predicted octanol–water partition coefficient (Wildman–Crippen LogP) is 2.11. The second-order valence-electron chi connectivity index (χ2n) is 4.75. The molecule has 0 saturated carbocycles. The summed E-state index contributed by atoms with van der Waals surface area (Å²) in [6, 6.07) is 6.12. The number of aliphatic hydroxyl groups is 1. The Morgan fingerprint density at radius 1 is 1.35 bits per heavy atom. The molecule has 0 radical (unpaired) electrons. The third-order valence-electron chi connectivity index (χ3n) is 2.91. The maximum absolute atomic E-state index is 9.66. The van der Waals surface area contributed by atoms with Gasteiger partial charge in [-0.3, -0.25) is 0 Å². The molecule has 0 fully saturated rings. The monoisotopic (exact) mass is 237 g/mol. The Labute approximate surface area is 104 Å². The number of methoxy groups -OCH3 is 1. The van der Waals surface area contributed by atoms with Crippen molar-refractivity contribution in [1.29, 1.82) is 0 Å². The highest BCUT2D eigenvalue weighted by molar-refractivity contribution is 5.36. The first-order chi connectivity index (χ1) is 8.04. The molecule has 96 valence electrons. The molecular weight excluding hydrogens is 214 g/mol. The molecule has 0 spiro atoms. The van der Waals surface area contributed by atoms with Crippen molar-refractivity contribution >= 4 is 0 Å². The van der Waals surface area contributed by atoms with Gasteiger partial charge < -0.3 is 15.2 Å². The molecule has 2 N–H and O–H groups in total. The molecule has 0 saturated heterocycles. The molecule has 0 aromatic heterocycles. The average molecular weight is 237 g/mol. The summed E-state index contributed by atoms with van der Waals surface area (Å²) in [5.74, 6) is 1.20. The molecule has 0 aliphatic heterocycles. The van der Waals surface area contributed by atoms with Crippen molar-refractivity contribution in [2.24, 2.45) is 5.92 Å². The lowest BCUT2D eigenvalue weighted by molar-refractivity contribution is 0.123. The van der Waals surface area contributed by atoms with Gasteiger partial charge >= 0.3 is 0 Å². The van der Waals surface area contributed by atoms with E-state index in [0.717, 1.165) is 17.9 Å². The molecule has 3 heteroatoms. The van der Waals surface area contributed by atoms with Gasteiger partial charge in [0, 0.05) is 13.1 Å². The van der Waals surface area contributed by atoms with Crippen LogP contribution in [0, 0.1) is 12.8 Å². The van der Waals surface area contributed by atoms with Crippen molar-refractivity contribution < 1.29 is 9.84 Å². The fourth-order valence-electron chi connectivity index (χ4n) is 1.65. The summed E-state index contributed by atoms with van der Waals surface area (Å²) in [5, 5.41) is 12.9. The van der Waals surface area contributed by atoms with E-state index in [1.807, 2.05) is 32.9 Å². The Hall–Kier alpha value is -1.06. The number of rotatable bonds is 6. The lowest BCUT2D eigenvalue weighted by atomic mass is 10.1. The number of hydrogen-bond donors (Lipinski definition) is 2. The number of aryl methyl sites for hydroxylation is 1. The molecule has 1 rings (SSSR count). The van der Waals surface area contributed by atoms with E-state index in [2.05, 4.69) is 11.4 Å². The maximum Gasteiger partial charge on any atom is 0.121 e. The van der Waals surface area contributed by atoms with Crippen LogP contribution in [0.15, 0.2) is 18.2 Å². The molecule has 3 nitrogen and oxygen atoms in total. The summed E-state index contributed by atoms with van der Waals surface area (Å²) in [7, 11) is 1.68. The van der Waals surface area contributed by atoms with Crippen LogP contribution < -0.4 is 10.1 Å². The Bertz CT molecular complexity index is 350. The summed E-state index contributed by atoms with van der Waals surface area (Å²) in [6.45, 7) is 7.47. The van der Waals surface area contributed by atoms with Gasteiger partial charge in [0.1, 0.15) is 5.75 Å². The highest BCUT2D eigenvalue weighted by atomic mass is 16.5. The summed E-state index contributed by atoms with van der Waals surface area (Å²) >= 11 is 0. The molecule has 0 aliphatic carbocycles. The van der Waals surface area contributed by atoms with Crippen LogP contribution in [0.5, 0.6) is 5.75 Å². The van der Waals surface area contributed by atoms with Crippen LogP contribution in [0.2, 0.25) is 0 Å². The Morgan fingerprint density at radius 3 is 2.59 bits per heavy atom. The van der Waals surface area contributed by atoms with Gasteiger partial charge in [-0.15, -0.1) is 0 Å². The van der Waals surface area contributed by atoms with E-state index in [1.54, 1.807) is 7.11 Å². The Balaban J connectivity index is 2.45. The maximum atomic E-state index is 9.66. The van der Waals surface area contributed by atoms with Crippen molar-refractivity contribution in [3.8, 4) is 5.75 Å². The zero-order valence-electron chi connectivity index (χ0n) is 11.2. The summed E-state index contributed by atoms with van der Waals surface area (Å²) < 4.78 is 5.21. The van der Waals surface area contributed by atoms with Crippen LogP contribution in [-0.4, -0.2) is 24.9 Å². The molecule has 0 bridgehead atoms. The largest absolute Gasteiger partial charge is 0.496 e. The van der Waals surface area contributed by atoms with Crippen LogP contribution in [0.25, 0.3) is 0 Å². The molecule has 0 amide bonds. The Morgan fingerprint density at radius 2 is 2.06 bits per heavy atom. The average Bonchev–Trinajstić information content (AvgIpc) is 2.29. The van der Waals surface area contributed by atoms with Gasteiger partial charge in [0.25, 0.3) is 0 Å². The topological polar surface area (TPSA) is 41.5 Å². The van der Waals surface area contributed by atoms with E-state index in [9.17, 15) is 5.11 Å². The third-order valence-corrected chi connectivity index (χ3v) is 2.91. The van der Waals surface area contributed by atoms with Crippen LogP contribution in [0.3, 0.4) is 0 Å². The number of benzene rings is 1. The highest BCUT2D eigenvalue weighted by Gasteiger charge is 2.08. The second kappa shape index (κ2) is 6.62. The fraction of sp³-hybridized carbons (Fsp3) is 0.571. The van der Waals surface area contributed by atoms with Gasteiger partial charge in [-0.05, 0) is 30.0 Å². The van der Waals surface area contributed by atoms with Gasteiger partial charge in [0.05, 0.1) is 13.2 Å². The fourth-order valence-corrected chi connectivity index (χ4v) is 1.65. The quantitative estimate of drug-likeness (QED) is 0.796. The minimum Gasteiger partial charge on any atom is -0.496 e. The molecule has 1 aromatic carbocycles. The highest BCUT2D eigenvalue weighted by Crippen LogP contribution is 2.18. The summed E-state index contributed by atoms with van der Waals surface area (Å²) in [4.78, 5) is 0. The third kappa shape index (κ3) is 4.36. The summed E-state index contributed by atoms with van der Waals surface area (Å²) in [6.07, 6.45) is -0.283. The molecule has 0 heterocycles. The normalized spacial score (nSPS) is 12.8. The van der Waals surface area contributed by atoms with Crippen molar-refractivity contribution in [3.63, 3.8) is 0 Å². The number of ether oxygens (including phenoxy) is 1. The zero-order chi connectivity index (χ0) is 12.8. The summed E-state index contributed by atoms with van der Waals surface area (Å²) in [5.41, 5.74) is 2.34. The smallest absolute Gasteiger partial charge is 0.121 e. The minimum absolute atomic E-state index is 0.283. The van der Waals surface area contributed by atoms with Crippen LogP contribution in [0.4, 0.5) is 0 Å². The van der Waals surface area contributed by atoms with E-state index in [1.165, 1.54) is 5.56 Å². The minimum atomic E-state index is -0.283. The Kier molecular flexibility index (Phi) is 5.45. The van der Waals surface area contributed by atoms with Crippen molar-refractivity contribution in [2.45, 2.75) is 33.4 Å². The van der Waals surface area contributed by atoms with E-state index >= 15 is 0 Å². The molecule has 1 aromatic rings. The van der Waals surface area contributed by atoms with E-state index in [0.29, 0.717) is 12.5 Å². The van der Waals surface area contributed by atoms with Crippen molar-refractivity contribution in [3.05, 3.63) is 29.3 Å². The van der Waals surface area contributed by atoms with Gasteiger partial charge in [0.15, 0.2) is 0 Å². The first-order valence-corrected chi connectivity index (χ1v) is 6.07. The van der Waals surface area contributed by atoms with Crippen molar-refractivity contribution in [1.82, 2.24) is 5.32 Å². The molecular formula is C14H23NO2. The second-order valence-corrected chi connectivity index (χ2v) is 4.75. The number of aliphatic hydroxyl groups excluding tert-OH is 1. The first kappa shape index (κ1) is 14.0. The van der Waals surface area contributed by atoms with Gasteiger partial charge in [0.2, 0.25) is 0 Å².